The van der Waals surface area contributed by atoms with Gasteiger partial charge in [0.25, 0.3) is 6.01 Å². The zero-order chi connectivity index (χ0) is 11.6. The fourth-order valence-corrected chi connectivity index (χ4v) is 1.66. The number of nitrogens with zero attached hydrogens (tertiary/aromatic N) is 1. The molecule has 3 nitrogen and oxygen atoms in total. The largest absolute Gasteiger partial charge is 0.424 e. The number of nitrogens with one attached hydrogen (secondary N) is 1. The van der Waals surface area contributed by atoms with Crippen LogP contribution in [0.25, 0.3) is 11.1 Å². The van der Waals surface area contributed by atoms with Gasteiger partial charge in [0.05, 0.1) is 5.54 Å². The van der Waals surface area contributed by atoms with Crippen LogP contribution in [-0.2, 0) is 0 Å². The molecule has 1 atom stereocenters. The topological polar surface area (TPSA) is 38.1 Å². The maximum atomic E-state index is 5.93. The van der Waals surface area contributed by atoms with Crippen LogP contribution in [0.1, 0.15) is 20.3 Å². The molecule has 0 bridgehead atoms. The van der Waals surface area contributed by atoms with Crippen molar-refractivity contribution in [2.24, 2.45) is 0 Å². The fourth-order valence-electron chi connectivity index (χ4n) is 1.40. The fraction of sp³-hybridized carbons (Fsp3) is 0.417. The second kappa shape index (κ2) is 4.34. The quantitative estimate of drug-likeness (QED) is 0.827. The minimum absolute atomic E-state index is 0.178. The highest BCUT2D eigenvalue weighted by molar-refractivity contribution is 6.18. The Hall–Kier alpha value is -1.22. The highest BCUT2D eigenvalue weighted by Gasteiger charge is 2.22. The molecular weight excluding hydrogens is 224 g/mol. The van der Waals surface area contributed by atoms with Gasteiger partial charge in [0.2, 0.25) is 0 Å². The van der Waals surface area contributed by atoms with Crippen molar-refractivity contribution in [3.8, 4) is 0 Å². The SMILES string of the molecule is CCC(C)(CCl)Nc1nc2ccccc2o1. The number of hydrogen-bond donors (Lipinski definition) is 1. The molecule has 0 fully saturated rings. The number of rotatable bonds is 4. The first-order chi connectivity index (χ1) is 7.67. The summed E-state index contributed by atoms with van der Waals surface area (Å²) in [6.07, 6.45) is 0.912. The molecule has 1 N–H and O–H groups in total. The van der Waals surface area contributed by atoms with Crippen LogP contribution < -0.4 is 5.32 Å². The van der Waals surface area contributed by atoms with Crippen LogP contribution in [0, 0.1) is 0 Å². The Morgan fingerprint density at radius 2 is 2.19 bits per heavy atom. The number of aromatic nitrogens is 1. The van der Waals surface area contributed by atoms with Crippen LogP contribution in [0.2, 0.25) is 0 Å². The summed E-state index contributed by atoms with van der Waals surface area (Å²) in [5, 5.41) is 3.23. The van der Waals surface area contributed by atoms with Gasteiger partial charge in [0, 0.05) is 5.88 Å². The molecule has 16 heavy (non-hydrogen) atoms. The normalized spacial score (nSPS) is 14.9. The van der Waals surface area contributed by atoms with Gasteiger partial charge in [-0.1, -0.05) is 19.1 Å². The van der Waals surface area contributed by atoms with Gasteiger partial charge >= 0.3 is 0 Å². The van der Waals surface area contributed by atoms with Gasteiger partial charge < -0.3 is 9.73 Å². The van der Waals surface area contributed by atoms with Crippen LogP contribution in [-0.4, -0.2) is 16.4 Å². The molecular formula is C12H15ClN2O. The molecule has 0 radical (unpaired) electrons. The van der Waals surface area contributed by atoms with Crippen molar-refractivity contribution in [3.05, 3.63) is 24.3 Å². The lowest BCUT2D eigenvalue weighted by Gasteiger charge is -2.25. The van der Waals surface area contributed by atoms with Crippen molar-refractivity contribution < 1.29 is 4.42 Å². The van der Waals surface area contributed by atoms with Crippen LogP contribution >= 0.6 is 11.6 Å². The van der Waals surface area contributed by atoms with E-state index >= 15 is 0 Å². The second-order valence-electron chi connectivity index (χ2n) is 4.16. The average Bonchev–Trinajstić information content (AvgIpc) is 2.70. The molecule has 0 aliphatic heterocycles. The van der Waals surface area contributed by atoms with E-state index in [4.69, 9.17) is 16.0 Å². The molecule has 1 aromatic heterocycles. The van der Waals surface area contributed by atoms with Crippen LogP contribution in [0.15, 0.2) is 28.7 Å². The molecule has 0 saturated carbocycles. The minimum atomic E-state index is -0.178. The number of alkyl halides is 1. The van der Waals surface area contributed by atoms with E-state index < -0.39 is 0 Å². The summed E-state index contributed by atoms with van der Waals surface area (Å²) in [7, 11) is 0. The minimum Gasteiger partial charge on any atom is -0.424 e. The van der Waals surface area contributed by atoms with E-state index in [1.807, 2.05) is 24.3 Å². The van der Waals surface area contributed by atoms with Gasteiger partial charge in [0.15, 0.2) is 5.58 Å². The summed E-state index contributed by atoms with van der Waals surface area (Å²) in [6, 6.07) is 8.23. The molecule has 4 heteroatoms. The molecule has 0 saturated heterocycles. The Bertz CT molecular complexity index is 444. The molecule has 1 heterocycles. The first-order valence-electron chi connectivity index (χ1n) is 5.36. The van der Waals surface area contributed by atoms with Gasteiger partial charge in [-0.2, -0.15) is 4.98 Å². The summed E-state index contributed by atoms with van der Waals surface area (Å²) in [6.45, 7) is 4.13. The van der Waals surface area contributed by atoms with E-state index in [9.17, 15) is 0 Å². The molecule has 2 rings (SSSR count). The van der Waals surface area contributed by atoms with Gasteiger partial charge in [0.1, 0.15) is 5.52 Å². The molecule has 86 valence electrons. The van der Waals surface area contributed by atoms with E-state index in [0.717, 1.165) is 17.5 Å². The standard InChI is InChI=1S/C12H15ClN2O/c1-3-12(2,8-13)15-11-14-9-6-4-5-7-10(9)16-11/h4-7H,3,8H2,1-2H3,(H,14,15). The highest BCUT2D eigenvalue weighted by atomic mass is 35.5. The number of oxazole rings is 1. The van der Waals surface area contributed by atoms with Gasteiger partial charge in [-0.15, -0.1) is 11.6 Å². The molecule has 0 spiro atoms. The van der Waals surface area contributed by atoms with Gasteiger partial charge in [-0.3, -0.25) is 0 Å². The molecule has 0 aliphatic carbocycles. The Morgan fingerprint density at radius 3 is 2.81 bits per heavy atom. The Labute approximate surface area is 99.8 Å². The summed E-state index contributed by atoms with van der Waals surface area (Å²) in [5.41, 5.74) is 1.47. The average molecular weight is 239 g/mol. The third-order valence-corrected chi connectivity index (χ3v) is 3.37. The molecule has 2 aromatic rings. The van der Waals surface area contributed by atoms with E-state index in [2.05, 4.69) is 24.1 Å². The number of fused-ring (bicyclic) bond motifs is 1. The molecule has 0 aliphatic rings. The lowest BCUT2D eigenvalue weighted by Crippen LogP contribution is -2.36. The van der Waals surface area contributed by atoms with Crippen molar-refractivity contribution in [1.29, 1.82) is 0 Å². The van der Waals surface area contributed by atoms with Crippen LogP contribution in [0.4, 0.5) is 6.01 Å². The number of halogens is 1. The first kappa shape index (κ1) is 11.3. The monoisotopic (exact) mass is 238 g/mol. The van der Waals surface area contributed by atoms with Crippen LogP contribution in [0.5, 0.6) is 0 Å². The third-order valence-electron chi connectivity index (χ3n) is 2.78. The summed E-state index contributed by atoms with van der Waals surface area (Å²) in [5.74, 6) is 0.516. The zero-order valence-corrected chi connectivity index (χ0v) is 10.2. The third kappa shape index (κ3) is 2.14. The highest BCUT2D eigenvalue weighted by Crippen LogP contribution is 2.23. The van der Waals surface area contributed by atoms with E-state index in [1.165, 1.54) is 0 Å². The van der Waals surface area contributed by atoms with Crippen LogP contribution in [0.3, 0.4) is 0 Å². The predicted molar refractivity (Wildman–Crippen MR) is 67.0 cm³/mol. The second-order valence-corrected chi connectivity index (χ2v) is 4.43. The first-order valence-corrected chi connectivity index (χ1v) is 5.90. The lowest BCUT2D eigenvalue weighted by molar-refractivity contribution is 0.512. The Balaban J connectivity index is 2.27. The predicted octanol–water partition coefficient (Wildman–Crippen LogP) is 3.65. The van der Waals surface area contributed by atoms with Crippen molar-refractivity contribution in [2.75, 3.05) is 11.2 Å². The molecule has 1 aromatic carbocycles. The number of para-hydroxylation sites is 2. The smallest absolute Gasteiger partial charge is 0.296 e. The van der Waals surface area contributed by atoms with Crippen molar-refractivity contribution >= 4 is 28.7 Å². The van der Waals surface area contributed by atoms with Crippen molar-refractivity contribution in [3.63, 3.8) is 0 Å². The summed E-state index contributed by atoms with van der Waals surface area (Å²) < 4.78 is 5.59. The van der Waals surface area contributed by atoms with Crippen molar-refractivity contribution in [2.45, 2.75) is 25.8 Å². The van der Waals surface area contributed by atoms with E-state index in [1.54, 1.807) is 0 Å². The van der Waals surface area contributed by atoms with E-state index in [0.29, 0.717) is 11.9 Å². The number of benzene rings is 1. The number of anilines is 1. The maximum absolute atomic E-state index is 5.93. The molecule has 1 unspecified atom stereocenters. The molecule has 0 amide bonds. The van der Waals surface area contributed by atoms with Gasteiger partial charge in [-0.05, 0) is 25.5 Å². The van der Waals surface area contributed by atoms with Gasteiger partial charge in [-0.25, -0.2) is 0 Å². The number of hydrogen-bond acceptors (Lipinski definition) is 3. The Morgan fingerprint density at radius 1 is 1.44 bits per heavy atom. The zero-order valence-electron chi connectivity index (χ0n) is 9.46. The summed E-state index contributed by atoms with van der Waals surface area (Å²) in [4.78, 5) is 4.36. The maximum Gasteiger partial charge on any atom is 0.296 e. The lowest BCUT2D eigenvalue weighted by atomic mass is 10.0. The van der Waals surface area contributed by atoms with Crippen molar-refractivity contribution in [1.82, 2.24) is 4.98 Å². The summed E-state index contributed by atoms with van der Waals surface area (Å²) >= 11 is 5.93. The van der Waals surface area contributed by atoms with E-state index in [-0.39, 0.29) is 5.54 Å². The Kier molecular flexibility index (Phi) is 3.06.